The molecule has 1 atom stereocenters. The first-order valence-electron chi connectivity index (χ1n) is 9.17. The van der Waals surface area contributed by atoms with E-state index in [1.165, 1.54) is 5.41 Å². The van der Waals surface area contributed by atoms with Crippen LogP contribution in [0.1, 0.15) is 25.0 Å². The van der Waals surface area contributed by atoms with E-state index >= 15 is 0 Å². The maximum Gasteiger partial charge on any atom is 0.227 e. The Hall–Kier alpha value is -2.67. The van der Waals surface area contributed by atoms with Crippen molar-refractivity contribution in [1.29, 1.82) is 0 Å². The topological polar surface area (TPSA) is 76.6 Å². The van der Waals surface area contributed by atoms with E-state index < -0.39 is 15.9 Å². The van der Waals surface area contributed by atoms with Gasteiger partial charge >= 0.3 is 0 Å². The van der Waals surface area contributed by atoms with Crippen LogP contribution in [0.5, 0.6) is 5.75 Å². The number of pyridine rings is 1. The first-order valence-corrected chi connectivity index (χ1v) is 10.9. The van der Waals surface area contributed by atoms with Crippen LogP contribution in [0, 0.1) is 0 Å². The Morgan fingerprint density at radius 2 is 1.82 bits per heavy atom. The van der Waals surface area contributed by atoms with Gasteiger partial charge in [-0.2, -0.15) is 0 Å². The molecule has 6 nitrogen and oxygen atoms in total. The third kappa shape index (κ3) is 5.42. The molecular formula is C21H24N2O4S. The number of nitrogens with zero attached hydrogens (tertiary/aromatic N) is 2. The summed E-state index contributed by atoms with van der Waals surface area (Å²) in [7, 11) is -3.26. The Balaban J connectivity index is 1.75. The van der Waals surface area contributed by atoms with E-state index in [0.29, 0.717) is 6.54 Å². The van der Waals surface area contributed by atoms with Crippen LogP contribution in [0.3, 0.4) is 0 Å². The van der Waals surface area contributed by atoms with Crippen LogP contribution in [0.15, 0.2) is 60.3 Å². The van der Waals surface area contributed by atoms with E-state index in [0.717, 1.165) is 16.9 Å². The van der Waals surface area contributed by atoms with Crippen molar-refractivity contribution in [3.8, 4) is 5.75 Å². The molecule has 1 amide bonds. The molecule has 2 aromatic rings. The SMILES string of the molecule is CC(C)Oc1ccc(CC(=O)N(Cc2ccncc2)C2C=CS(=O)(=O)C2)cc1. The molecule has 1 aromatic carbocycles. The number of carbonyl (C=O) groups excluding carboxylic acids is 1. The summed E-state index contributed by atoms with van der Waals surface area (Å²) in [5, 5.41) is 1.20. The van der Waals surface area contributed by atoms with Gasteiger partial charge in [0.25, 0.3) is 0 Å². The molecule has 0 radical (unpaired) electrons. The minimum Gasteiger partial charge on any atom is -0.491 e. The quantitative estimate of drug-likeness (QED) is 0.714. The summed E-state index contributed by atoms with van der Waals surface area (Å²) >= 11 is 0. The van der Waals surface area contributed by atoms with Gasteiger partial charge in [0, 0.05) is 24.3 Å². The average Bonchev–Trinajstić information content (AvgIpc) is 3.01. The summed E-state index contributed by atoms with van der Waals surface area (Å²) < 4.78 is 29.3. The number of rotatable bonds is 7. The van der Waals surface area contributed by atoms with Crippen LogP contribution >= 0.6 is 0 Å². The first kappa shape index (κ1) is 20.1. The second-order valence-electron chi connectivity index (χ2n) is 7.09. The fourth-order valence-electron chi connectivity index (χ4n) is 3.06. The van der Waals surface area contributed by atoms with Crippen molar-refractivity contribution < 1.29 is 17.9 Å². The summed E-state index contributed by atoms with van der Waals surface area (Å²) in [5.41, 5.74) is 1.76. The molecule has 1 unspecified atom stereocenters. The molecule has 0 saturated heterocycles. The number of carbonyl (C=O) groups is 1. The predicted octanol–water partition coefficient (Wildman–Crippen LogP) is 2.75. The Morgan fingerprint density at radius 3 is 2.39 bits per heavy atom. The van der Waals surface area contributed by atoms with Gasteiger partial charge in [0.05, 0.1) is 24.3 Å². The number of benzene rings is 1. The van der Waals surface area contributed by atoms with Gasteiger partial charge in [0.15, 0.2) is 9.84 Å². The average molecular weight is 401 g/mol. The largest absolute Gasteiger partial charge is 0.491 e. The Bertz CT molecular complexity index is 938. The van der Waals surface area contributed by atoms with Crippen molar-refractivity contribution in [1.82, 2.24) is 9.88 Å². The van der Waals surface area contributed by atoms with Crippen molar-refractivity contribution in [3.63, 3.8) is 0 Å². The fourth-order valence-corrected chi connectivity index (χ4v) is 4.36. The maximum absolute atomic E-state index is 13.0. The monoisotopic (exact) mass is 400 g/mol. The zero-order valence-corrected chi connectivity index (χ0v) is 16.8. The van der Waals surface area contributed by atoms with Gasteiger partial charge in [-0.3, -0.25) is 9.78 Å². The van der Waals surface area contributed by atoms with E-state index in [2.05, 4.69) is 4.98 Å². The number of amides is 1. The number of hydrogen-bond donors (Lipinski definition) is 0. The van der Waals surface area contributed by atoms with Gasteiger partial charge < -0.3 is 9.64 Å². The molecule has 1 aliphatic rings. The molecule has 3 rings (SSSR count). The summed E-state index contributed by atoms with van der Waals surface area (Å²) in [6.07, 6.45) is 5.18. The molecule has 2 heterocycles. The van der Waals surface area contributed by atoms with Gasteiger partial charge in [0.1, 0.15) is 5.75 Å². The molecule has 0 fully saturated rings. The van der Waals surface area contributed by atoms with E-state index in [9.17, 15) is 13.2 Å². The highest BCUT2D eigenvalue weighted by Gasteiger charge is 2.30. The molecule has 148 valence electrons. The lowest BCUT2D eigenvalue weighted by molar-refractivity contribution is -0.132. The van der Waals surface area contributed by atoms with E-state index in [4.69, 9.17) is 4.74 Å². The molecule has 0 spiro atoms. The number of sulfone groups is 1. The van der Waals surface area contributed by atoms with E-state index in [-0.39, 0.29) is 24.2 Å². The van der Waals surface area contributed by atoms with Crippen LogP contribution in [0.4, 0.5) is 0 Å². The Kier molecular flexibility index (Phi) is 6.14. The Morgan fingerprint density at radius 1 is 1.14 bits per heavy atom. The van der Waals surface area contributed by atoms with Gasteiger partial charge in [-0.05, 0) is 55.3 Å². The van der Waals surface area contributed by atoms with Gasteiger partial charge in [0.2, 0.25) is 5.91 Å². The van der Waals surface area contributed by atoms with Crippen LogP contribution in [0.25, 0.3) is 0 Å². The highest BCUT2D eigenvalue weighted by molar-refractivity contribution is 7.94. The molecule has 1 aromatic heterocycles. The van der Waals surface area contributed by atoms with Gasteiger partial charge in [-0.1, -0.05) is 12.1 Å². The standard InChI is InChI=1S/C21H24N2O4S/c1-16(2)27-20-5-3-17(4-6-20)13-21(24)23(14-18-7-10-22-11-8-18)19-9-12-28(25,26)15-19/h3-12,16,19H,13-15H2,1-2H3. The highest BCUT2D eigenvalue weighted by Crippen LogP contribution is 2.20. The first-order chi connectivity index (χ1) is 13.3. The van der Waals surface area contributed by atoms with Crippen molar-refractivity contribution in [2.45, 2.75) is 39.0 Å². The van der Waals surface area contributed by atoms with Crippen LogP contribution < -0.4 is 4.74 Å². The molecule has 7 heteroatoms. The normalized spacial score (nSPS) is 17.6. The lowest BCUT2D eigenvalue weighted by atomic mass is 10.1. The molecule has 28 heavy (non-hydrogen) atoms. The number of aromatic nitrogens is 1. The minimum absolute atomic E-state index is 0.0784. The van der Waals surface area contributed by atoms with Crippen molar-refractivity contribution in [2.75, 3.05) is 5.75 Å². The van der Waals surface area contributed by atoms with Gasteiger partial charge in [-0.25, -0.2) is 8.42 Å². The summed E-state index contributed by atoms with van der Waals surface area (Å²) in [6.45, 7) is 4.25. The Labute approximate surface area is 165 Å². The van der Waals surface area contributed by atoms with Crippen LogP contribution in [-0.2, 0) is 27.6 Å². The van der Waals surface area contributed by atoms with Gasteiger partial charge in [-0.15, -0.1) is 0 Å². The van der Waals surface area contributed by atoms with Crippen LogP contribution in [0.2, 0.25) is 0 Å². The summed E-state index contributed by atoms with van der Waals surface area (Å²) in [5.74, 6) is 0.552. The molecular weight excluding hydrogens is 376 g/mol. The molecule has 0 bridgehead atoms. The maximum atomic E-state index is 13.0. The molecule has 1 aliphatic heterocycles. The molecule has 0 saturated carbocycles. The van der Waals surface area contributed by atoms with Crippen LogP contribution in [-0.4, -0.2) is 42.1 Å². The van der Waals surface area contributed by atoms with E-state index in [1.54, 1.807) is 23.4 Å². The van der Waals surface area contributed by atoms with Crippen molar-refractivity contribution in [2.24, 2.45) is 0 Å². The fraction of sp³-hybridized carbons (Fsp3) is 0.333. The van der Waals surface area contributed by atoms with Crippen molar-refractivity contribution in [3.05, 3.63) is 71.4 Å². The minimum atomic E-state index is -3.26. The van der Waals surface area contributed by atoms with E-state index in [1.807, 2.05) is 50.2 Å². The second kappa shape index (κ2) is 8.56. The summed E-state index contributed by atoms with van der Waals surface area (Å²) in [4.78, 5) is 18.6. The second-order valence-corrected chi connectivity index (χ2v) is 9.02. The predicted molar refractivity (Wildman–Crippen MR) is 107 cm³/mol. The third-order valence-corrected chi connectivity index (χ3v) is 5.76. The lowest BCUT2D eigenvalue weighted by Gasteiger charge is -2.28. The zero-order chi connectivity index (χ0) is 20.1. The number of ether oxygens (including phenoxy) is 1. The zero-order valence-electron chi connectivity index (χ0n) is 16.0. The summed E-state index contributed by atoms with van der Waals surface area (Å²) in [6, 6.07) is 10.6. The number of hydrogen-bond acceptors (Lipinski definition) is 5. The lowest BCUT2D eigenvalue weighted by Crippen LogP contribution is -2.41. The highest BCUT2D eigenvalue weighted by atomic mass is 32.2. The smallest absolute Gasteiger partial charge is 0.227 e. The molecule has 0 aliphatic carbocycles. The third-order valence-electron chi connectivity index (χ3n) is 4.38. The molecule has 0 N–H and O–H groups in total. The van der Waals surface area contributed by atoms with Crippen molar-refractivity contribution >= 4 is 15.7 Å².